The average molecular weight is 274 g/mol. The molecule has 3 nitrogen and oxygen atoms in total. The second-order valence-electron chi connectivity index (χ2n) is 4.49. The lowest BCUT2D eigenvalue weighted by molar-refractivity contribution is 0.683. The monoisotopic (exact) mass is 274 g/mol. The van der Waals surface area contributed by atoms with E-state index in [2.05, 4.69) is 6.92 Å². The molecule has 0 atom stereocenters. The summed E-state index contributed by atoms with van der Waals surface area (Å²) in [4.78, 5) is 12.2. The van der Waals surface area contributed by atoms with Crippen molar-refractivity contribution in [3.8, 4) is 5.69 Å². The molecule has 2 aromatic rings. The zero-order valence-electron chi connectivity index (χ0n) is 11.5. The van der Waals surface area contributed by atoms with Gasteiger partial charge in [-0.15, -0.1) is 0 Å². The lowest BCUT2D eigenvalue weighted by Gasteiger charge is -2.16. The molecule has 0 saturated carbocycles. The quantitative estimate of drug-likeness (QED) is 0.803. The smallest absolute Gasteiger partial charge is 0.258 e. The largest absolute Gasteiger partial charge is 0.325 e. The molecular formula is C15H18N2OS. The summed E-state index contributed by atoms with van der Waals surface area (Å²) < 4.78 is 4.11. The Morgan fingerprint density at radius 2 is 1.95 bits per heavy atom. The summed E-state index contributed by atoms with van der Waals surface area (Å²) in [7, 11) is 0. The van der Waals surface area contributed by atoms with Crippen molar-refractivity contribution < 1.29 is 0 Å². The van der Waals surface area contributed by atoms with Crippen LogP contribution in [0.5, 0.6) is 0 Å². The molecule has 0 aliphatic rings. The highest BCUT2D eigenvalue weighted by atomic mass is 32.1. The SMILES string of the molecule is CCc1cccc(C)c1-n1c(=O)ccn(CC)c1=S. The van der Waals surface area contributed by atoms with Crippen molar-refractivity contribution in [2.75, 3.05) is 0 Å². The number of nitrogens with zero attached hydrogens (tertiary/aromatic N) is 2. The third-order valence-corrected chi connectivity index (χ3v) is 3.74. The molecule has 0 N–H and O–H groups in total. The highest BCUT2D eigenvalue weighted by molar-refractivity contribution is 7.71. The zero-order chi connectivity index (χ0) is 14.0. The van der Waals surface area contributed by atoms with Gasteiger partial charge in [-0.05, 0) is 43.6 Å². The Hall–Kier alpha value is -1.68. The van der Waals surface area contributed by atoms with Gasteiger partial charge in [0.05, 0.1) is 5.69 Å². The molecule has 0 amide bonds. The number of benzene rings is 1. The lowest BCUT2D eigenvalue weighted by atomic mass is 10.1. The number of aryl methyl sites for hydroxylation is 3. The van der Waals surface area contributed by atoms with Crippen LogP contribution in [-0.4, -0.2) is 9.13 Å². The van der Waals surface area contributed by atoms with Gasteiger partial charge in [-0.25, -0.2) is 0 Å². The van der Waals surface area contributed by atoms with Crippen LogP contribution < -0.4 is 5.56 Å². The van der Waals surface area contributed by atoms with E-state index >= 15 is 0 Å². The van der Waals surface area contributed by atoms with Crippen LogP contribution >= 0.6 is 12.2 Å². The molecule has 100 valence electrons. The third kappa shape index (κ3) is 2.40. The molecule has 2 rings (SSSR count). The van der Waals surface area contributed by atoms with Gasteiger partial charge < -0.3 is 4.57 Å². The van der Waals surface area contributed by atoms with E-state index in [4.69, 9.17) is 12.2 Å². The van der Waals surface area contributed by atoms with Crippen LogP contribution in [0.2, 0.25) is 0 Å². The molecule has 0 bridgehead atoms. The maximum atomic E-state index is 12.2. The van der Waals surface area contributed by atoms with Gasteiger partial charge in [0.25, 0.3) is 5.56 Å². The van der Waals surface area contributed by atoms with Crippen molar-refractivity contribution in [1.29, 1.82) is 0 Å². The normalized spacial score (nSPS) is 10.7. The Morgan fingerprint density at radius 3 is 2.58 bits per heavy atom. The molecule has 0 fully saturated rings. The summed E-state index contributed by atoms with van der Waals surface area (Å²) in [5, 5.41) is 0. The van der Waals surface area contributed by atoms with Crippen molar-refractivity contribution in [3.63, 3.8) is 0 Å². The average Bonchev–Trinajstić information content (AvgIpc) is 2.40. The second-order valence-corrected chi connectivity index (χ2v) is 4.86. The van der Waals surface area contributed by atoms with Crippen molar-refractivity contribution in [2.45, 2.75) is 33.7 Å². The fourth-order valence-corrected chi connectivity index (χ4v) is 2.66. The summed E-state index contributed by atoms with van der Waals surface area (Å²) in [5.41, 5.74) is 3.07. The summed E-state index contributed by atoms with van der Waals surface area (Å²) in [6.07, 6.45) is 2.63. The Labute approximate surface area is 118 Å². The Morgan fingerprint density at radius 1 is 1.21 bits per heavy atom. The van der Waals surface area contributed by atoms with E-state index in [-0.39, 0.29) is 5.56 Å². The van der Waals surface area contributed by atoms with Crippen molar-refractivity contribution in [1.82, 2.24) is 9.13 Å². The first-order chi connectivity index (χ1) is 9.10. The van der Waals surface area contributed by atoms with Crippen LogP contribution in [0, 0.1) is 11.7 Å². The molecule has 0 spiro atoms. The van der Waals surface area contributed by atoms with Crippen molar-refractivity contribution >= 4 is 12.2 Å². The van der Waals surface area contributed by atoms with Gasteiger partial charge in [0.2, 0.25) is 0 Å². The molecule has 0 aliphatic heterocycles. The van der Waals surface area contributed by atoms with Crippen LogP contribution in [0.15, 0.2) is 35.3 Å². The van der Waals surface area contributed by atoms with Crippen LogP contribution in [0.3, 0.4) is 0 Å². The molecule has 4 heteroatoms. The molecule has 19 heavy (non-hydrogen) atoms. The van der Waals surface area contributed by atoms with E-state index in [0.717, 1.165) is 29.8 Å². The first-order valence-electron chi connectivity index (χ1n) is 6.51. The minimum absolute atomic E-state index is 0.0706. The molecule has 0 saturated heterocycles. The van der Waals surface area contributed by atoms with Gasteiger partial charge in [0, 0.05) is 18.8 Å². The molecule has 1 heterocycles. The number of hydrogen-bond acceptors (Lipinski definition) is 2. The maximum Gasteiger partial charge on any atom is 0.258 e. The number of hydrogen-bond donors (Lipinski definition) is 0. The van der Waals surface area contributed by atoms with Crippen LogP contribution in [-0.2, 0) is 13.0 Å². The van der Waals surface area contributed by atoms with Crippen LogP contribution in [0.1, 0.15) is 25.0 Å². The van der Waals surface area contributed by atoms with Gasteiger partial charge in [-0.2, -0.15) is 0 Å². The molecule has 1 aromatic carbocycles. The van der Waals surface area contributed by atoms with Crippen LogP contribution in [0.4, 0.5) is 0 Å². The summed E-state index contributed by atoms with van der Waals surface area (Å²) in [6, 6.07) is 7.65. The predicted octanol–water partition coefficient (Wildman–Crippen LogP) is 3.26. The number of aromatic nitrogens is 2. The van der Waals surface area contributed by atoms with Crippen molar-refractivity contribution in [2.24, 2.45) is 0 Å². The van der Waals surface area contributed by atoms with Gasteiger partial charge in [-0.3, -0.25) is 9.36 Å². The van der Waals surface area contributed by atoms with Gasteiger partial charge >= 0.3 is 0 Å². The fourth-order valence-electron chi connectivity index (χ4n) is 2.29. The van der Waals surface area contributed by atoms with Gasteiger partial charge in [-0.1, -0.05) is 25.1 Å². The van der Waals surface area contributed by atoms with E-state index in [9.17, 15) is 4.79 Å². The number of para-hydroxylation sites is 1. The highest BCUT2D eigenvalue weighted by Gasteiger charge is 2.10. The van der Waals surface area contributed by atoms with Crippen molar-refractivity contribution in [3.05, 3.63) is 56.7 Å². The summed E-state index contributed by atoms with van der Waals surface area (Å²) >= 11 is 5.45. The first kappa shape index (κ1) is 13.7. The Bertz CT molecular complexity index is 713. The third-order valence-electron chi connectivity index (χ3n) is 3.32. The fraction of sp³-hybridized carbons (Fsp3) is 0.333. The van der Waals surface area contributed by atoms with Gasteiger partial charge in [0.1, 0.15) is 0 Å². The summed E-state index contributed by atoms with van der Waals surface area (Å²) in [6.45, 7) is 6.87. The minimum Gasteiger partial charge on any atom is -0.325 e. The molecule has 0 unspecified atom stereocenters. The molecule has 0 aliphatic carbocycles. The molecular weight excluding hydrogens is 256 g/mol. The van der Waals surface area contributed by atoms with E-state index < -0.39 is 0 Å². The summed E-state index contributed by atoms with van der Waals surface area (Å²) in [5.74, 6) is 0. The minimum atomic E-state index is -0.0706. The van der Waals surface area contributed by atoms with E-state index in [1.165, 1.54) is 0 Å². The molecule has 1 aromatic heterocycles. The highest BCUT2D eigenvalue weighted by Crippen LogP contribution is 2.19. The van der Waals surface area contributed by atoms with Crippen LogP contribution in [0.25, 0.3) is 5.69 Å². The second kappa shape index (κ2) is 5.53. The topological polar surface area (TPSA) is 26.9 Å². The van der Waals surface area contributed by atoms with Gasteiger partial charge in [0.15, 0.2) is 4.77 Å². The zero-order valence-corrected chi connectivity index (χ0v) is 12.3. The van der Waals surface area contributed by atoms with E-state index in [1.54, 1.807) is 16.8 Å². The van der Waals surface area contributed by atoms with E-state index in [1.807, 2.05) is 36.6 Å². The Kier molecular flexibility index (Phi) is 4.00. The van der Waals surface area contributed by atoms with E-state index in [0.29, 0.717) is 4.77 Å². The Balaban J connectivity index is 2.87. The lowest BCUT2D eigenvalue weighted by Crippen LogP contribution is -2.23. The first-order valence-corrected chi connectivity index (χ1v) is 6.92. The maximum absolute atomic E-state index is 12.2. The standard InChI is InChI=1S/C15H18N2OS/c1-4-12-8-6-7-11(3)14(12)17-13(18)9-10-16(5-2)15(17)19/h6-10H,4-5H2,1-3H3. The molecule has 0 radical (unpaired) electrons. The number of rotatable bonds is 3. The predicted molar refractivity (Wildman–Crippen MR) is 80.7 cm³/mol.